The lowest BCUT2D eigenvalue weighted by Crippen LogP contribution is -2.48. The summed E-state index contributed by atoms with van der Waals surface area (Å²) in [5.41, 5.74) is 4.61. The van der Waals surface area contributed by atoms with Crippen molar-refractivity contribution in [3.05, 3.63) is 53.6 Å². The number of esters is 1. The Balaban J connectivity index is 1.53. The molecule has 2 aromatic carbocycles. The Bertz CT molecular complexity index is 861. The van der Waals surface area contributed by atoms with Crippen LogP contribution in [-0.4, -0.2) is 20.2 Å². The third kappa shape index (κ3) is 2.83. The number of hydrogen-bond donors (Lipinski definition) is 0. The van der Waals surface area contributed by atoms with Crippen molar-refractivity contribution in [1.29, 1.82) is 0 Å². The number of rotatable bonds is 4. The summed E-state index contributed by atoms with van der Waals surface area (Å²) in [7, 11) is 3.21. The van der Waals surface area contributed by atoms with E-state index in [4.69, 9.17) is 9.47 Å². The van der Waals surface area contributed by atoms with Gasteiger partial charge in [-0.1, -0.05) is 18.2 Å². The SMILES string of the molecule is COC(=O)c1ccc(-c2ccc(OC)c(C34CC5CC(CC(C5)C3)C4)c2)cc1. The molecule has 0 aromatic heterocycles. The predicted molar refractivity (Wildman–Crippen MR) is 110 cm³/mol. The minimum atomic E-state index is -0.296. The predicted octanol–water partition coefficient (Wildman–Crippen LogP) is 5.62. The molecule has 0 unspecified atom stereocenters. The van der Waals surface area contributed by atoms with Gasteiger partial charge in [0.1, 0.15) is 5.75 Å². The summed E-state index contributed by atoms with van der Waals surface area (Å²) in [6.07, 6.45) is 8.28. The van der Waals surface area contributed by atoms with Crippen LogP contribution < -0.4 is 4.74 Å². The average Bonchev–Trinajstić information content (AvgIpc) is 2.72. The number of carbonyl (C=O) groups is 1. The highest BCUT2D eigenvalue weighted by molar-refractivity contribution is 5.90. The Kier molecular flexibility index (Phi) is 4.22. The minimum Gasteiger partial charge on any atom is -0.496 e. The molecule has 3 heteroatoms. The number of benzene rings is 2. The Morgan fingerprint density at radius 2 is 1.43 bits per heavy atom. The van der Waals surface area contributed by atoms with E-state index in [1.807, 2.05) is 24.3 Å². The van der Waals surface area contributed by atoms with E-state index in [0.717, 1.165) is 29.1 Å². The smallest absolute Gasteiger partial charge is 0.337 e. The highest BCUT2D eigenvalue weighted by atomic mass is 16.5. The Morgan fingerprint density at radius 3 is 1.96 bits per heavy atom. The third-order valence-corrected chi connectivity index (χ3v) is 7.45. The molecule has 4 aliphatic rings. The Morgan fingerprint density at radius 1 is 0.857 bits per heavy atom. The highest BCUT2D eigenvalue weighted by Gasteiger charge is 2.52. The monoisotopic (exact) mass is 376 g/mol. The van der Waals surface area contributed by atoms with Crippen molar-refractivity contribution in [2.24, 2.45) is 17.8 Å². The summed E-state index contributed by atoms with van der Waals surface area (Å²) >= 11 is 0. The zero-order valence-electron chi connectivity index (χ0n) is 16.7. The van der Waals surface area contributed by atoms with Gasteiger partial charge in [-0.3, -0.25) is 0 Å². The van der Waals surface area contributed by atoms with E-state index in [9.17, 15) is 4.79 Å². The van der Waals surface area contributed by atoms with Crippen LogP contribution in [0.25, 0.3) is 11.1 Å². The summed E-state index contributed by atoms with van der Waals surface area (Å²) < 4.78 is 10.6. The summed E-state index contributed by atoms with van der Waals surface area (Å²) in [5, 5.41) is 0. The van der Waals surface area contributed by atoms with E-state index in [1.165, 1.54) is 56.8 Å². The fourth-order valence-corrected chi connectivity index (χ4v) is 6.66. The molecule has 0 atom stereocenters. The van der Waals surface area contributed by atoms with Gasteiger partial charge in [0.15, 0.2) is 0 Å². The van der Waals surface area contributed by atoms with Crippen molar-refractivity contribution in [2.75, 3.05) is 14.2 Å². The molecule has 28 heavy (non-hydrogen) atoms. The molecule has 146 valence electrons. The van der Waals surface area contributed by atoms with E-state index < -0.39 is 0 Å². The first-order valence-corrected chi connectivity index (χ1v) is 10.5. The van der Waals surface area contributed by atoms with Crippen molar-refractivity contribution in [3.63, 3.8) is 0 Å². The van der Waals surface area contributed by atoms with Gasteiger partial charge in [-0.15, -0.1) is 0 Å². The Labute approximate surface area is 167 Å². The fourth-order valence-electron chi connectivity index (χ4n) is 6.66. The number of hydrogen-bond acceptors (Lipinski definition) is 3. The zero-order chi connectivity index (χ0) is 19.3. The van der Waals surface area contributed by atoms with Crippen LogP contribution in [0.2, 0.25) is 0 Å². The van der Waals surface area contributed by atoms with Gasteiger partial charge in [-0.05, 0) is 97.1 Å². The van der Waals surface area contributed by atoms with Gasteiger partial charge in [-0.25, -0.2) is 4.79 Å². The maximum absolute atomic E-state index is 11.7. The van der Waals surface area contributed by atoms with Crippen molar-refractivity contribution in [3.8, 4) is 16.9 Å². The molecule has 0 amide bonds. The van der Waals surface area contributed by atoms with E-state index in [-0.39, 0.29) is 5.97 Å². The van der Waals surface area contributed by atoms with E-state index in [2.05, 4.69) is 18.2 Å². The zero-order valence-corrected chi connectivity index (χ0v) is 16.7. The van der Waals surface area contributed by atoms with Crippen LogP contribution in [0.1, 0.15) is 54.4 Å². The van der Waals surface area contributed by atoms with Gasteiger partial charge < -0.3 is 9.47 Å². The summed E-state index contributed by atoms with van der Waals surface area (Å²) in [4.78, 5) is 11.7. The van der Waals surface area contributed by atoms with Gasteiger partial charge in [0, 0.05) is 5.56 Å². The lowest BCUT2D eigenvalue weighted by molar-refractivity contribution is -0.00613. The summed E-state index contributed by atoms with van der Waals surface area (Å²) in [5.74, 6) is 3.45. The molecular weight excluding hydrogens is 348 g/mol. The quantitative estimate of drug-likeness (QED) is 0.650. The van der Waals surface area contributed by atoms with Gasteiger partial charge >= 0.3 is 5.97 Å². The molecule has 0 radical (unpaired) electrons. The maximum atomic E-state index is 11.7. The lowest BCUT2D eigenvalue weighted by atomic mass is 9.48. The second kappa shape index (κ2) is 6.65. The molecule has 0 N–H and O–H groups in total. The molecule has 4 saturated carbocycles. The van der Waals surface area contributed by atoms with Crippen LogP contribution in [0.15, 0.2) is 42.5 Å². The Hall–Kier alpha value is -2.29. The van der Waals surface area contributed by atoms with Crippen molar-refractivity contribution in [1.82, 2.24) is 0 Å². The molecule has 4 aliphatic carbocycles. The van der Waals surface area contributed by atoms with Gasteiger partial charge in [0.25, 0.3) is 0 Å². The molecule has 0 spiro atoms. The van der Waals surface area contributed by atoms with Crippen LogP contribution >= 0.6 is 0 Å². The van der Waals surface area contributed by atoms with Crippen LogP contribution in [0.5, 0.6) is 5.75 Å². The largest absolute Gasteiger partial charge is 0.496 e. The van der Waals surface area contributed by atoms with Crippen LogP contribution in [0, 0.1) is 17.8 Å². The molecule has 2 aromatic rings. The second-order valence-corrected chi connectivity index (χ2v) is 9.18. The fraction of sp³-hybridized carbons (Fsp3) is 0.480. The molecule has 6 rings (SSSR count). The molecule has 4 bridgehead atoms. The van der Waals surface area contributed by atoms with Gasteiger partial charge in [0.2, 0.25) is 0 Å². The highest BCUT2D eigenvalue weighted by Crippen LogP contribution is 2.62. The van der Waals surface area contributed by atoms with E-state index >= 15 is 0 Å². The van der Waals surface area contributed by atoms with E-state index in [1.54, 1.807) is 7.11 Å². The molecular formula is C25H28O3. The molecule has 0 heterocycles. The number of carbonyl (C=O) groups excluding carboxylic acids is 1. The van der Waals surface area contributed by atoms with Crippen LogP contribution in [0.3, 0.4) is 0 Å². The third-order valence-electron chi connectivity index (χ3n) is 7.45. The maximum Gasteiger partial charge on any atom is 0.337 e. The first-order chi connectivity index (χ1) is 13.6. The van der Waals surface area contributed by atoms with Gasteiger partial charge in [0.05, 0.1) is 19.8 Å². The van der Waals surface area contributed by atoms with Gasteiger partial charge in [-0.2, -0.15) is 0 Å². The molecule has 4 fully saturated rings. The normalized spacial score (nSPS) is 30.3. The topological polar surface area (TPSA) is 35.5 Å². The average molecular weight is 376 g/mol. The summed E-state index contributed by atoms with van der Waals surface area (Å²) in [6.45, 7) is 0. The summed E-state index contributed by atoms with van der Waals surface area (Å²) in [6, 6.07) is 14.3. The van der Waals surface area contributed by atoms with Crippen molar-refractivity contribution >= 4 is 5.97 Å². The lowest BCUT2D eigenvalue weighted by Gasteiger charge is -2.57. The van der Waals surface area contributed by atoms with Crippen molar-refractivity contribution < 1.29 is 14.3 Å². The first kappa shape index (κ1) is 17.8. The molecule has 0 aliphatic heterocycles. The van der Waals surface area contributed by atoms with Crippen molar-refractivity contribution in [2.45, 2.75) is 43.9 Å². The minimum absolute atomic E-state index is 0.294. The van der Waals surface area contributed by atoms with Crippen LogP contribution in [0.4, 0.5) is 0 Å². The van der Waals surface area contributed by atoms with Crippen LogP contribution in [-0.2, 0) is 10.2 Å². The standard InChI is InChI=1S/C25H28O3/c1-27-23-8-7-21(19-3-5-20(6-4-19)24(26)28-2)12-22(23)25-13-16-9-17(14-25)11-18(10-16)15-25/h3-8,12,16-18H,9-11,13-15H2,1-2H3. The molecule has 3 nitrogen and oxygen atoms in total. The second-order valence-electron chi connectivity index (χ2n) is 9.18. The number of ether oxygens (including phenoxy) is 2. The molecule has 0 saturated heterocycles. The first-order valence-electron chi connectivity index (χ1n) is 10.5. The van der Waals surface area contributed by atoms with E-state index in [0.29, 0.717) is 11.0 Å². The number of methoxy groups -OCH3 is 2.